The van der Waals surface area contributed by atoms with Crippen LogP contribution in [0, 0.1) is 15.9 Å². The van der Waals surface area contributed by atoms with Gasteiger partial charge in [0.05, 0.1) is 16.5 Å². The summed E-state index contributed by atoms with van der Waals surface area (Å²) in [7, 11) is 1.66. The van der Waals surface area contributed by atoms with Crippen LogP contribution in [0.5, 0.6) is 0 Å². The first-order valence-electron chi connectivity index (χ1n) is 8.61. The number of hydrogen-bond donors (Lipinski definition) is 0. The molecule has 0 unspecified atom stereocenters. The lowest BCUT2D eigenvalue weighted by molar-refractivity contribution is -0.384. The average Bonchev–Trinajstić information content (AvgIpc) is 2.98. The number of aromatic nitrogens is 1. The van der Waals surface area contributed by atoms with Crippen molar-refractivity contribution in [2.24, 2.45) is 0 Å². The summed E-state index contributed by atoms with van der Waals surface area (Å²) in [5.41, 5.74) is 1.24. The van der Waals surface area contributed by atoms with Crippen molar-refractivity contribution in [3.8, 4) is 0 Å². The van der Waals surface area contributed by atoms with Gasteiger partial charge in [-0.1, -0.05) is 12.1 Å². The Morgan fingerprint density at radius 3 is 2.64 bits per heavy atom. The third-order valence-corrected chi connectivity index (χ3v) is 4.39. The van der Waals surface area contributed by atoms with E-state index in [1.165, 1.54) is 39.8 Å². The van der Waals surface area contributed by atoms with Crippen LogP contribution in [-0.2, 0) is 17.9 Å². The second-order valence-corrected chi connectivity index (χ2v) is 6.41. The van der Waals surface area contributed by atoms with Crippen LogP contribution >= 0.6 is 0 Å². The van der Waals surface area contributed by atoms with Crippen molar-refractivity contribution in [3.05, 3.63) is 74.5 Å². The van der Waals surface area contributed by atoms with E-state index in [-0.39, 0.29) is 36.0 Å². The van der Waals surface area contributed by atoms with Gasteiger partial charge in [-0.3, -0.25) is 19.5 Å². The number of carbonyl (C=O) groups is 1. The fourth-order valence-corrected chi connectivity index (χ4v) is 2.91. The lowest BCUT2D eigenvalue weighted by atomic mass is 10.2. The molecule has 1 amide bonds. The van der Waals surface area contributed by atoms with Gasteiger partial charge in [-0.05, 0) is 30.2 Å². The van der Waals surface area contributed by atoms with Crippen molar-refractivity contribution in [2.45, 2.75) is 25.9 Å². The van der Waals surface area contributed by atoms with E-state index in [2.05, 4.69) is 0 Å². The zero-order valence-corrected chi connectivity index (χ0v) is 15.1. The van der Waals surface area contributed by atoms with Crippen LogP contribution in [0.1, 0.15) is 18.4 Å². The molecule has 0 saturated carbocycles. The molecule has 146 valence electrons. The van der Waals surface area contributed by atoms with Crippen LogP contribution in [0.4, 0.5) is 10.1 Å². The molecule has 0 radical (unpaired) electrons. The molecule has 0 N–H and O–H groups in total. The third kappa shape index (κ3) is 4.25. The Morgan fingerprint density at radius 1 is 1.25 bits per heavy atom. The van der Waals surface area contributed by atoms with Crippen molar-refractivity contribution < 1.29 is 18.5 Å². The van der Waals surface area contributed by atoms with Gasteiger partial charge in [0.25, 0.3) is 5.69 Å². The zero-order chi connectivity index (χ0) is 20.3. The maximum absolute atomic E-state index is 12.9. The molecule has 0 spiro atoms. The van der Waals surface area contributed by atoms with Crippen LogP contribution in [0.25, 0.3) is 11.1 Å². The highest BCUT2D eigenvalue weighted by Crippen LogP contribution is 2.20. The quantitative estimate of drug-likeness (QED) is 0.458. The molecule has 3 aromatic rings. The number of carbonyl (C=O) groups excluding carboxylic acids is 1. The monoisotopic (exact) mass is 387 g/mol. The molecule has 0 fully saturated rings. The van der Waals surface area contributed by atoms with Gasteiger partial charge in [0.15, 0.2) is 5.58 Å². The topological polar surface area (TPSA) is 98.6 Å². The van der Waals surface area contributed by atoms with Crippen LogP contribution in [0.2, 0.25) is 0 Å². The standard InChI is InChI=1S/C19H18FN3O5/c1-21(12-13-4-6-14(20)7-5-13)18(24)3-2-10-22-16-9-8-15(23(26)27)11-17(16)28-19(22)25/h4-9,11H,2-3,10,12H2,1H3. The minimum atomic E-state index is -0.623. The smallest absolute Gasteiger partial charge is 0.407 e. The molecule has 1 heterocycles. The van der Waals surface area contributed by atoms with Gasteiger partial charge in [-0.15, -0.1) is 0 Å². The Labute approximate surface area is 158 Å². The van der Waals surface area contributed by atoms with Crippen molar-refractivity contribution >= 4 is 22.7 Å². The molecule has 9 heteroatoms. The van der Waals surface area contributed by atoms with Gasteiger partial charge in [0.2, 0.25) is 5.91 Å². The number of nitrogens with zero attached hydrogens (tertiary/aromatic N) is 3. The zero-order valence-electron chi connectivity index (χ0n) is 15.1. The first-order valence-corrected chi connectivity index (χ1v) is 8.61. The van der Waals surface area contributed by atoms with Gasteiger partial charge in [0.1, 0.15) is 5.82 Å². The van der Waals surface area contributed by atoms with Crippen molar-refractivity contribution in [2.75, 3.05) is 7.05 Å². The van der Waals surface area contributed by atoms with E-state index in [0.29, 0.717) is 18.5 Å². The largest absolute Gasteiger partial charge is 0.419 e. The highest BCUT2D eigenvalue weighted by Gasteiger charge is 2.15. The van der Waals surface area contributed by atoms with E-state index in [1.807, 2.05) is 0 Å². The Balaban J connectivity index is 1.60. The molecule has 1 aromatic heterocycles. The molecular formula is C19H18FN3O5. The number of rotatable bonds is 7. The lowest BCUT2D eigenvalue weighted by Gasteiger charge is -2.17. The number of aryl methyl sites for hydroxylation is 1. The molecular weight excluding hydrogens is 369 g/mol. The molecule has 0 aliphatic rings. The van der Waals surface area contributed by atoms with Crippen molar-refractivity contribution in [1.82, 2.24) is 9.47 Å². The first-order chi connectivity index (χ1) is 13.3. The van der Waals surface area contributed by atoms with Gasteiger partial charge in [-0.25, -0.2) is 9.18 Å². The molecule has 28 heavy (non-hydrogen) atoms. The van der Waals surface area contributed by atoms with Crippen LogP contribution in [0.15, 0.2) is 51.7 Å². The number of nitro groups is 1. The van der Waals surface area contributed by atoms with E-state index in [9.17, 15) is 24.1 Å². The minimum absolute atomic E-state index is 0.110. The Hall–Kier alpha value is -3.49. The van der Waals surface area contributed by atoms with E-state index in [0.717, 1.165) is 5.56 Å². The summed E-state index contributed by atoms with van der Waals surface area (Å²) < 4.78 is 19.4. The number of oxazole rings is 1. The normalized spacial score (nSPS) is 10.9. The summed E-state index contributed by atoms with van der Waals surface area (Å²) in [6.45, 7) is 0.608. The fraction of sp³-hybridized carbons (Fsp3) is 0.263. The summed E-state index contributed by atoms with van der Waals surface area (Å²) in [5.74, 6) is -1.07. The van der Waals surface area contributed by atoms with E-state index >= 15 is 0 Å². The number of benzene rings is 2. The second kappa shape index (κ2) is 8.03. The molecule has 2 aromatic carbocycles. The highest BCUT2D eigenvalue weighted by atomic mass is 19.1. The minimum Gasteiger partial charge on any atom is -0.407 e. The molecule has 0 saturated heterocycles. The second-order valence-electron chi connectivity index (χ2n) is 6.41. The van der Waals surface area contributed by atoms with Gasteiger partial charge >= 0.3 is 5.76 Å². The van der Waals surface area contributed by atoms with Gasteiger partial charge in [0, 0.05) is 32.6 Å². The summed E-state index contributed by atoms with van der Waals surface area (Å²) >= 11 is 0. The average molecular weight is 387 g/mol. The molecule has 0 aliphatic carbocycles. The Kier molecular flexibility index (Phi) is 5.53. The Bertz CT molecular complexity index is 1070. The summed E-state index contributed by atoms with van der Waals surface area (Å²) in [5, 5.41) is 10.8. The maximum atomic E-state index is 12.9. The number of non-ortho nitro benzene ring substituents is 1. The molecule has 8 nitrogen and oxygen atoms in total. The third-order valence-electron chi connectivity index (χ3n) is 4.39. The van der Waals surface area contributed by atoms with E-state index in [1.54, 1.807) is 19.2 Å². The van der Waals surface area contributed by atoms with E-state index < -0.39 is 10.7 Å². The van der Waals surface area contributed by atoms with Gasteiger partial charge < -0.3 is 9.32 Å². The predicted octanol–water partition coefficient (Wildman–Crippen LogP) is 3.08. The predicted molar refractivity (Wildman–Crippen MR) is 99.2 cm³/mol. The van der Waals surface area contributed by atoms with Crippen molar-refractivity contribution in [1.29, 1.82) is 0 Å². The number of nitro benzene ring substituents is 1. The highest BCUT2D eigenvalue weighted by molar-refractivity contribution is 5.76. The van der Waals surface area contributed by atoms with Crippen molar-refractivity contribution in [3.63, 3.8) is 0 Å². The summed E-state index contributed by atoms with van der Waals surface area (Å²) in [6, 6.07) is 9.89. The number of fused-ring (bicyclic) bond motifs is 1. The maximum Gasteiger partial charge on any atom is 0.419 e. The lowest BCUT2D eigenvalue weighted by Crippen LogP contribution is -2.26. The molecule has 0 bridgehead atoms. The first kappa shape index (κ1) is 19.3. The number of amides is 1. The molecule has 0 aliphatic heterocycles. The molecule has 3 rings (SSSR count). The summed E-state index contributed by atoms with van der Waals surface area (Å²) in [4.78, 5) is 36.1. The van der Waals surface area contributed by atoms with Crippen LogP contribution in [-0.4, -0.2) is 27.3 Å². The SMILES string of the molecule is CN(Cc1ccc(F)cc1)C(=O)CCCn1c(=O)oc2cc([N+](=O)[O-])ccc21. The molecule has 0 atom stereocenters. The van der Waals surface area contributed by atoms with Crippen LogP contribution in [0.3, 0.4) is 0 Å². The van der Waals surface area contributed by atoms with Gasteiger partial charge in [-0.2, -0.15) is 0 Å². The van der Waals surface area contributed by atoms with Crippen LogP contribution < -0.4 is 5.76 Å². The van der Waals surface area contributed by atoms with E-state index in [4.69, 9.17) is 4.42 Å². The number of halogens is 1. The Morgan fingerprint density at radius 2 is 1.96 bits per heavy atom. The number of hydrogen-bond acceptors (Lipinski definition) is 5. The summed E-state index contributed by atoms with van der Waals surface area (Å²) in [6.07, 6.45) is 0.613. The fourth-order valence-electron chi connectivity index (χ4n) is 2.91.